The maximum Gasteiger partial charge on any atom is 0.325 e. The molecule has 2 N–H and O–H groups in total. The van der Waals surface area contributed by atoms with E-state index in [4.69, 9.17) is 9.47 Å². The molecular formula is C20H18FN3O5. The summed E-state index contributed by atoms with van der Waals surface area (Å²) in [7, 11) is 0. The SMILES string of the molecule is Cc1ccc(NC(=O)CN2C(=O)N[C@](C)(c3ccc4c(c3)OCO4)C2=O)c(F)c1. The average molecular weight is 399 g/mol. The molecule has 0 radical (unpaired) electrons. The number of hydrogen-bond acceptors (Lipinski definition) is 5. The monoisotopic (exact) mass is 399 g/mol. The Kier molecular flexibility index (Phi) is 4.37. The predicted molar refractivity (Wildman–Crippen MR) is 99.9 cm³/mol. The molecule has 8 nitrogen and oxygen atoms in total. The van der Waals surface area contributed by atoms with Crippen molar-refractivity contribution in [2.75, 3.05) is 18.7 Å². The second-order valence-corrected chi connectivity index (χ2v) is 7.05. The molecule has 0 spiro atoms. The highest BCUT2D eigenvalue weighted by molar-refractivity contribution is 6.10. The van der Waals surface area contributed by atoms with Gasteiger partial charge in [0.15, 0.2) is 11.5 Å². The standard InChI is InChI=1S/C20H18FN3O5/c1-11-3-5-14(13(21)7-11)22-17(25)9-24-18(26)20(2,23-19(24)27)12-4-6-15-16(8-12)29-10-28-15/h3-8H,9-10H2,1-2H3,(H,22,25)(H,23,27)/t20-/m1/s1. The van der Waals surface area contributed by atoms with Gasteiger partial charge in [-0.05, 0) is 49.2 Å². The highest BCUT2D eigenvalue weighted by Crippen LogP contribution is 2.37. The van der Waals surface area contributed by atoms with E-state index in [2.05, 4.69) is 10.6 Å². The normalized spacial score (nSPS) is 20.0. The Morgan fingerprint density at radius 3 is 2.72 bits per heavy atom. The number of nitrogens with zero attached hydrogens (tertiary/aromatic N) is 1. The molecule has 0 unspecified atom stereocenters. The zero-order valence-corrected chi connectivity index (χ0v) is 15.7. The molecule has 4 rings (SSSR count). The number of carbonyl (C=O) groups is 3. The fourth-order valence-electron chi connectivity index (χ4n) is 3.30. The van der Waals surface area contributed by atoms with Crippen molar-refractivity contribution < 1.29 is 28.2 Å². The summed E-state index contributed by atoms with van der Waals surface area (Å²) in [6.07, 6.45) is 0. The Hall–Kier alpha value is -3.62. The number of ether oxygens (including phenoxy) is 2. The van der Waals surface area contributed by atoms with Crippen molar-refractivity contribution in [3.05, 3.63) is 53.3 Å². The third kappa shape index (κ3) is 3.24. The van der Waals surface area contributed by atoms with Crippen LogP contribution >= 0.6 is 0 Å². The Morgan fingerprint density at radius 2 is 1.97 bits per heavy atom. The largest absolute Gasteiger partial charge is 0.454 e. The molecule has 1 fully saturated rings. The molecule has 0 bridgehead atoms. The Labute approximate surface area is 165 Å². The number of benzene rings is 2. The minimum absolute atomic E-state index is 0.0220. The third-order valence-electron chi connectivity index (χ3n) is 4.93. The molecule has 0 saturated carbocycles. The Morgan fingerprint density at radius 1 is 1.21 bits per heavy atom. The fraction of sp³-hybridized carbons (Fsp3) is 0.250. The quantitative estimate of drug-likeness (QED) is 0.769. The zero-order valence-electron chi connectivity index (χ0n) is 15.7. The number of carbonyl (C=O) groups excluding carboxylic acids is 3. The van der Waals surface area contributed by atoms with E-state index in [1.807, 2.05) is 0 Å². The van der Waals surface area contributed by atoms with Gasteiger partial charge in [-0.15, -0.1) is 0 Å². The van der Waals surface area contributed by atoms with Gasteiger partial charge in [-0.3, -0.25) is 14.5 Å². The Bertz CT molecular complexity index is 1040. The van der Waals surface area contributed by atoms with Crippen LogP contribution in [0.5, 0.6) is 11.5 Å². The number of hydrogen-bond donors (Lipinski definition) is 2. The van der Waals surface area contributed by atoms with Crippen LogP contribution in [0.1, 0.15) is 18.1 Å². The number of amides is 4. The molecule has 2 heterocycles. The van der Waals surface area contributed by atoms with Gasteiger partial charge in [-0.1, -0.05) is 12.1 Å². The van der Waals surface area contributed by atoms with Gasteiger partial charge in [0.2, 0.25) is 12.7 Å². The number of aryl methyl sites for hydroxylation is 1. The molecule has 2 aliphatic rings. The van der Waals surface area contributed by atoms with E-state index in [1.165, 1.54) is 12.1 Å². The third-order valence-corrected chi connectivity index (χ3v) is 4.93. The summed E-state index contributed by atoms with van der Waals surface area (Å²) >= 11 is 0. The van der Waals surface area contributed by atoms with Gasteiger partial charge in [0.05, 0.1) is 5.69 Å². The van der Waals surface area contributed by atoms with E-state index in [9.17, 15) is 18.8 Å². The first-order chi connectivity index (χ1) is 13.8. The van der Waals surface area contributed by atoms with E-state index in [0.717, 1.165) is 4.90 Å². The molecule has 150 valence electrons. The molecule has 2 aromatic carbocycles. The van der Waals surface area contributed by atoms with Crippen molar-refractivity contribution in [1.29, 1.82) is 0 Å². The van der Waals surface area contributed by atoms with Crippen molar-refractivity contribution in [2.24, 2.45) is 0 Å². The van der Waals surface area contributed by atoms with Crippen LogP contribution in [0.4, 0.5) is 14.9 Å². The number of anilines is 1. The maximum absolute atomic E-state index is 13.9. The van der Waals surface area contributed by atoms with Crippen LogP contribution in [0.25, 0.3) is 0 Å². The van der Waals surface area contributed by atoms with E-state index in [0.29, 0.717) is 22.6 Å². The molecule has 9 heteroatoms. The first-order valence-electron chi connectivity index (χ1n) is 8.88. The lowest BCUT2D eigenvalue weighted by atomic mass is 9.91. The lowest BCUT2D eigenvalue weighted by molar-refractivity contribution is -0.133. The Balaban J connectivity index is 1.51. The number of urea groups is 1. The van der Waals surface area contributed by atoms with Crippen LogP contribution in [0.3, 0.4) is 0 Å². The lowest BCUT2D eigenvalue weighted by Gasteiger charge is -2.22. The molecule has 4 amide bonds. The van der Waals surface area contributed by atoms with Gasteiger partial charge in [-0.25, -0.2) is 9.18 Å². The smallest absolute Gasteiger partial charge is 0.325 e. The molecule has 0 aromatic heterocycles. The van der Waals surface area contributed by atoms with Gasteiger partial charge in [-0.2, -0.15) is 0 Å². The summed E-state index contributed by atoms with van der Waals surface area (Å²) in [5.74, 6) is -0.866. The first-order valence-corrected chi connectivity index (χ1v) is 8.88. The topological polar surface area (TPSA) is 97.0 Å². The van der Waals surface area contributed by atoms with Gasteiger partial charge in [0.1, 0.15) is 17.9 Å². The molecule has 2 aliphatic heterocycles. The van der Waals surface area contributed by atoms with E-state index < -0.39 is 35.7 Å². The van der Waals surface area contributed by atoms with E-state index in [1.54, 1.807) is 38.1 Å². The van der Waals surface area contributed by atoms with Crippen LogP contribution in [-0.2, 0) is 15.1 Å². The van der Waals surface area contributed by atoms with Gasteiger partial charge in [0, 0.05) is 0 Å². The number of imide groups is 1. The summed E-state index contributed by atoms with van der Waals surface area (Å²) in [4.78, 5) is 38.5. The lowest BCUT2D eigenvalue weighted by Crippen LogP contribution is -2.42. The van der Waals surface area contributed by atoms with Crippen LogP contribution in [-0.4, -0.2) is 36.1 Å². The predicted octanol–water partition coefficient (Wildman–Crippen LogP) is 2.27. The van der Waals surface area contributed by atoms with Crippen molar-refractivity contribution in [3.63, 3.8) is 0 Å². The number of nitrogens with one attached hydrogen (secondary N) is 2. The molecule has 1 saturated heterocycles. The summed E-state index contributed by atoms with van der Waals surface area (Å²) in [5, 5.41) is 4.99. The fourth-order valence-corrected chi connectivity index (χ4v) is 3.30. The molecule has 0 aliphatic carbocycles. The van der Waals surface area contributed by atoms with Gasteiger partial charge < -0.3 is 20.1 Å². The average Bonchev–Trinajstić information content (AvgIpc) is 3.22. The zero-order chi connectivity index (χ0) is 20.8. The van der Waals surface area contributed by atoms with Gasteiger partial charge in [0.25, 0.3) is 5.91 Å². The van der Waals surface area contributed by atoms with Crippen molar-refractivity contribution in [1.82, 2.24) is 10.2 Å². The molecule has 2 aromatic rings. The minimum atomic E-state index is -1.37. The van der Waals surface area contributed by atoms with Crippen LogP contribution in [0, 0.1) is 12.7 Å². The number of halogens is 1. The van der Waals surface area contributed by atoms with Crippen LogP contribution in [0.15, 0.2) is 36.4 Å². The first kappa shape index (κ1) is 18.7. The summed E-state index contributed by atoms with van der Waals surface area (Å²) in [6, 6.07) is 8.55. The molecular weight excluding hydrogens is 381 g/mol. The van der Waals surface area contributed by atoms with Crippen molar-refractivity contribution in [2.45, 2.75) is 19.4 Å². The summed E-state index contributed by atoms with van der Waals surface area (Å²) < 4.78 is 24.5. The number of fused-ring (bicyclic) bond motifs is 1. The summed E-state index contributed by atoms with van der Waals surface area (Å²) in [6.45, 7) is 2.80. The van der Waals surface area contributed by atoms with Crippen molar-refractivity contribution >= 4 is 23.5 Å². The van der Waals surface area contributed by atoms with Crippen LogP contribution < -0.4 is 20.1 Å². The second-order valence-electron chi connectivity index (χ2n) is 7.05. The minimum Gasteiger partial charge on any atom is -0.454 e. The van der Waals surface area contributed by atoms with Crippen molar-refractivity contribution in [3.8, 4) is 11.5 Å². The molecule has 29 heavy (non-hydrogen) atoms. The van der Waals surface area contributed by atoms with Gasteiger partial charge >= 0.3 is 6.03 Å². The molecule has 1 atom stereocenters. The second kappa shape index (κ2) is 6.77. The highest BCUT2D eigenvalue weighted by atomic mass is 19.1. The maximum atomic E-state index is 13.9. The van der Waals surface area contributed by atoms with E-state index >= 15 is 0 Å². The van der Waals surface area contributed by atoms with Crippen LogP contribution in [0.2, 0.25) is 0 Å². The number of rotatable bonds is 4. The summed E-state index contributed by atoms with van der Waals surface area (Å²) in [5.41, 5.74) is -0.194. The van der Waals surface area contributed by atoms with E-state index in [-0.39, 0.29) is 12.5 Å². The highest BCUT2D eigenvalue weighted by Gasteiger charge is 2.49.